The van der Waals surface area contributed by atoms with Crippen molar-refractivity contribution in [2.45, 2.75) is 19.8 Å². The summed E-state index contributed by atoms with van der Waals surface area (Å²) >= 11 is 5.89. The molecule has 1 aliphatic rings. The molecule has 5 nitrogen and oxygen atoms in total. The Hall–Kier alpha value is -2.14. The van der Waals surface area contributed by atoms with Crippen LogP contribution in [0.4, 0.5) is 0 Å². The number of amides is 1. The van der Waals surface area contributed by atoms with Gasteiger partial charge in [-0.15, -0.1) is 0 Å². The van der Waals surface area contributed by atoms with E-state index in [4.69, 9.17) is 11.6 Å². The molecule has 3 rings (SSSR count). The lowest BCUT2D eigenvalue weighted by atomic mass is 10.2. The Bertz CT molecular complexity index is 762. The highest BCUT2D eigenvalue weighted by atomic mass is 35.5. The summed E-state index contributed by atoms with van der Waals surface area (Å²) in [5.41, 5.74) is 1.07. The molecule has 0 atom stereocenters. The second-order valence-electron chi connectivity index (χ2n) is 5.39. The molecule has 2 aromatic rings. The first-order valence-corrected chi connectivity index (χ1v) is 7.60. The molecule has 1 saturated heterocycles. The number of halogens is 1. The normalized spacial score (nSPS) is 14.4. The Morgan fingerprint density at radius 1 is 1.18 bits per heavy atom. The quantitative estimate of drug-likeness (QED) is 0.855. The molecular formula is C16H16ClN3O2. The van der Waals surface area contributed by atoms with Crippen LogP contribution in [0.5, 0.6) is 0 Å². The molecule has 0 saturated carbocycles. The summed E-state index contributed by atoms with van der Waals surface area (Å²) in [6.07, 6.45) is 1.95. The van der Waals surface area contributed by atoms with Crippen molar-refractivity contribution >= 4 is 17.5 Å². The van der Waals surface area contributed by atoms with Crippen molar-refractivity contribution in [3.63, 3.8) is 0 Å². The lowest BCUT2D eigenvalue weighted by molar-refractivity contribution is 0.0783. The Morgan fingerprint density at radius 3 is 2.45 bits per heavy atom. The molecule has 0 unspecified atom stereocenters. The summed E-state index contributed by atoms with van der Waals surface area (Å²) in [5, 5.41) is 4.91. The van der Waals surface area contributed by atoms with Gasteiger partial charge in [-0.25, -0.2) is 4.68 Å². The van der Waals surface area contributed by atoms with Gasteiger partial charge in [0.2, 0.25) is 5.43 Å². The molecule has 6 heteroatoms. The molecule has 0 aliphatic carbocycles. The fraction of sp³-hybridized carbons (Fsp3) is 0.312. The first-order valence-electron chi connectivity index (χ1n) is 7.22. The van der Waals surface area contributed by atoms with Gasteiger partial charge in [-0.3, -0.25) is 9.59 Å². The highest BCUT2D eigenvalue weighted by Crippen LogP contribution is 2.15. The van der Waals surface area contributed by atoms with Crippen LogP contribution < -0.4 is 5.43 Å². The molecule has 1 amide bonds. The van der Waals surface area contributed by atoms with Crippen molar-refractivity contribution in [2.24, 2.45) is 0 Å². The van der Waals surface area contributed by atoms with E-state index in [0.717, 1.165) is 18.5 Å². The topological polar surface area (TPSA) is 55.2 Å². The van der Waals surface area contributed by atoms with Gasteiger partial charge in [0, 0.05) is 29.9 Å². The highest BCUT2D eigenvalue weighted by Gasteiger charge is 2.24. The van der Waals surface area contributed by atoms with E-state index in [-0.39, 0.29) is 17.0 Å². The number of hydrogen-bond acceptors (Lipinski definition) is 3. The summed E-state index contributed by atoms with van der Waals surface area (Å²) in [6.45, 7) is 3.16. The van der Waals surface area contributed by atoms with Gasteiger partial charge >= 0.3 is 0 Å². The first kappa shape index (κ1) is 14.8. The molecule has 22 heavy (non-hydrogen) atoms. The van der Waals surface area contributed by atoms with Crippen molar-refractivity contribution in [3.05, 3.63) is 57.0 Å². The van der Waals surface area contributed by atoms with E-state index in [1.165, 1.54) is 6.07 Å². The van der Waals surface area contributed by atoms with Gasteiger partial charge in [-0.05, 0) is 44.0 Å². The van der Waals surface area contributed by atoms with E-state index < -0.39 is 0 Å². The van der Waals surface area contributed by atoms with Gasteiger partial charge in [0.15, 0.2) is 5.69 Å². The van der Waals surface area contributed by atoms with Crippen LogP contribution in [0.25, 0.3) is 5.69 Å². The largest absolute Gasteiger partial charge is 0.337 e. The summed E-state index contributed by atoms with van der Waals surface area (Å²) in [4.78, 5) is 26.3. The Morgan fingerprint density at radius 2 is 1.82 bits per heavy atom. The molecule has 0 N–H and O–H groups in total. The zero-order valence-corrected chi connectivity index (χ0v) is 13.0. The summed E-state index contributed by atoms with van der Waals surface area (Å²) < 4.78 is 1.60. The van der Waals surface area contributed by atoms with E-state index in [9.17, 15) is 9.59 Å². The van der Waals surface area contributed by atoms with Crippen molar-refractivity contribution in [3.8, 4) is 5.69 Å². The van der Waals surface area contributed by atoms with E-state index in [1.807, 2.05) is 0 Å². The third-order valence-electron chi connectivity index (χ3n) is 3.77. The molecule has 1 aromatic carbocycles. The number of carbonyl (C=O) groups is 1. The fourth-order valence-corrected chi connectivity index (χ4v) is 2.74. The van der Waals surface area contributed by atoms with E-state index in [2.05, 4.69) is 5.10 Å². The van der Waals surface area contributed by atoms with Crippen LogP contribution in [0.2, 0.25) is 5.02 Å². The maximum atomic E-state index is 12.4. The van der Waals surface area contributed by atoms with E-state index in [1.54, 1.807) is 40.8 Å². The van der Waals surface area contributed by atoms with Crippen molar-refractivity contribution < 1.29 is 4.79 Å². The zero-order valence-electron chi connectivity index (χ0n) is 12.3. The number of aryl methyl sites for hydroxylation is 1. The molecule has 2 heterocycles. The average molecular weight is 318 g/mol. The second-order valence-corrected chi connectivity index (χ2v) is 5.82. The van der Waals surface area contributed by atoms with Gasteiger partial charge in [0.1, 0.15) is 0 Å². The summed E-state index contributed by atoms with van der Waals surface area (Å²) in [6, 6.07) is 8.55. The number of aromatic nitrogens is 2. The number of benzene rings is 1. The molecule has 0 bridgehead atoms. The molecule has 1 aromatic heterocycles. The third kappa shape index (κ3) is 2.76. The SMILES string of the molecule is Cc1cc(=O)c(C(=O)N2CCCC2)nn1-c1ccc(Cl)cc1. The van der Waals surface area contributed by atoms with Crippen LogP contribution in [0.1, 0.15) is 29.0 Å². The highest BCUT2D eigenvalue weighted by molar-refractivity contribution is 6.30. The molecule has 0 spiro atoms. The number of carbonyl (C=O) groups excluding carboxylic acids is 1. The predicted octanol–water partition coefficient (Wildman–Crippen LogP) is 2.43. The lowest BCUT2D eigenvalue weighted by Crippen LogP contribution is -2.34. The van der Waals surface area contributed by atoms with E-state index in [0.29, 0.717) is 23.8 Å². The minimum absolute atomic E-state index is 0.0255. The van der Waals surface area contributed by atoms with Crippen molar-refractivity contribution in [1.82, 2.24) is 14.7 Å². The Labute approximate surface area is 133 Å². The molecule has 1 aliphatic heterocycles. The van der Waals surface area contributed by atoms with Crippen LogP contribution in [0.3, 0.4) is 0 Å². The summed E-state index contributed by atoms with van der Waals surface area (Å²) in [7, 11) is 0. The zero-order chi connectivity index (χ0) is 15.7. The number of likely N-dealkylation sites (tertiary alicyclic amines) is 1. The lowest BCUT2D eigenvalue weighted by Gasteiger charge is -2.16. The summed E-state index contributed by atoms with van der Waals surface area (Å²) in [5.74, 6) is -0.287. The van der Waals surface area contributed by atoms with E-state index >= 15 is 0 Å². The predicted molar refractivity (Wildman–Crippen MR) is 84.7 cm³/mol. The van der Waals surface area contributed by atoms with Gasteiger partial charge in [-0.1, -0.05) is 11.6 Å². The minimum atomic E-state index is -0.334. The molecule has 0 radical (unpaired) electrons. The number of hydrogen-bond donors (Lipinski definition) is 0. The van der Waals surface area contributed by atoms with Gasteiger partial charge < -0.3 is 4.90 Å². The number of rotatable bonds is 2. The monoisotopic (exact) mass is 317 g/mol. The molecular weight excluding hydrogens is 302 g/mol. The average Bonchev–Trinajstić information content (AvgIpc) is 3.02. The fourth-order valence-electron chi connectivity index (χ4n) is 2.61. The molecule has 1 fully saturated rings. The standard InChI is InChI=1S/C16H16ClN3O2/c1-11-10-14(21)15(16(22)19-8-2-3-9-19)18-20(11)13-6-4-12(17)5-7-13/h4-7,10H,2-3,8-9H2,1H3. The Kier molecular flexibility index (Phi) is 3.98. The van der Waals surface area contributed by atoms with Crippen LogP contribution in [0, 0.1) is 6.92 Å². The van der Waals surface area contributed by atoms with Crippen molar-refractivity contribution in [2.75, 3.05) is 13.1 Å². The van der Waals surface area contributed by atoms with Crippen LogP contribution in [-0.4, -0.2) is 33.7 Å². The van der Waals surface area contributed by atoms with Gasteiger partial charge in [0.05, 0.1) is 5.69 Å². The maximum Gasteiger partial charge on any atom is 0.278 e. The van der Waals surface area contributed by atoms with Crippen molar-refractivity contribution in [1.29, 1.82) is 0 Å². The molecule has 114 valence electrons. The van der Waals surface area contributed by atoms with Crippen LogP contribution >= 0.6 is 11.6 Å². The maximum absolute atomic E-state index is 12.4. The second kappa shape index (κ2) is 5.93. The first-order chi connectivity index (χ1) is 10.6. The number of nitrogens with zero attached hydrogens (tertiary/aromatic N) is 3. The smallest absolute Gasteiger partial charge is 0.278 e. The van der Waals surface area contributed by atoms with Gasteiger partial charge in [-0.2, -0.15) is 5.10 Å². The third-order valence-corrected chi connectivity index (χ3v) is 4.03. The van der Waals surface area contributed by atoms with Crippen LogP contribution in [-0.2, 0) is 0 Å². The van der Waals surface area contributed by atoms with Crippen LogP contribution in [0.15, 0.2) is 35.1 Å². The van der Waals surface area contributed by atoms with Gasteiger partial charge in [0.25, 0.3) is 5.91 Å². The Balaban J connectivity index is 2.05. The minimum Gasteiger partial charge on any atom is -0.337 e.